The molecule has 1 heterocycles. The van der Waals surface area contributed by atoms with Crippen LogP contribution in [0.2, 0.25) is 5.02 Å². The van der Waals surface area contributed by atoms with E-state index >= 15 is 0 Å². The van der Waals surface area contributed by atoms with Crippen molar-refractivity contribution < 1.29 is 12.8 Å². The number of hydrogen-bond donors (Lipinski definition) is 1. The fourth-order valence-electron chi connectivity index (χ4n) is 2.35. The van der Waals surface area contributed by atoms with E-state index in [1.807, 2.05) is 0 Å². The van der Waals surface area contributed by atoms with Gasteiger partial charge in [-0.05, 0) is 43.0 Å². The van der Waals surface area contributed by atoms with Crippen LogP contribution < -0.4 is 5.73 Å². The van der Waals surface area contributed by atoms with E-state index in [2.05, 4.69) is 0 Å². The van der Waals surface area contributed by atoms with Crippen LogP contribution in [-0.4, -0.2) is 32.4 Å². The van der Waals surface area contributed by atoms with Crippen molar-refractivity contribution in [3.8, 4) is 0 Å². The average Bonchev–Trinajstić information content (AvgIpc) is 2.43. The summed E-state index contributed by atoms with van der Waals surface area (Å²) in [5.41, 5.74) is 6.09. The first-order chi connectivity index (χ1) is 9.42. The molecule has 0 bridgehead atoms. The Bertz CT molecular complexity index is 576. The maximum absolute atomic E-state index is 13.1. The summed E-state index contributed by atoms with van der Waals surface area (Å²) >= 11 is 5.67. The Labute approximate surface area is 135 Å². The van der Waals surface area contributed by atoms with Crippen LogP contribution >= 0.6 is 24.0 Å². The topological polar surface area (TPSA) is 63.4 Å². The molecule has 2 rings (SSSR count). The van der Waals surface area contributed by atoms with Gasteiger partial charge in [-0.25, -0.2) is 17.1 Å². The van der Waals surface area contributed by atoms with E-state index in [1.54, 1.807) is 0 Å². The van der Waals surface area contributed by atoms with Crippen LogP contribution in [0.1, 0.15) is 18.4 Å². The molecule has 0 atom stereocenters. The molecule has 8 heteroatoms. The van der Waals surface area contributed by atoms with Crippen molar-refractivity contribution in [1.82, 2.24) is 4.31 Å². The Hall–Kier alpha value is -0.400. The first-order valence-electron chi connectivity index (χ1n) is 6.54. The van der Waals surface area contributed by atoms with E-state index in [-0.39, 0.29) is 23.2 Å². The maximum atomic E-state index is 13.1. The fourth-order valence-corrected chi connectivity index (χ4v) is 4.11. The predicted octanol–water partition coefficient (Wildman–Crippen LogP) is 2.40. The molecule has 4 nitrogen and oxygen atoms in total. The minimum atomic E-state index is -3.39. The summed E-state index contributed by atoms with van der Waals surface area (Å²) in [6.45, 7) is 1.60. The quantitative estimate of drug-likeness (QED) is 0.900. The molecule has 1 aliphatic rings. The Kier molecular flexibility index (Phi) is 6.87. The molecule has 1 aliphatic heterocycles. The van der Waals surface area contributed by atoms with Crippen molar-refractivity contribution in [2.45, 2.75) is 18.6 Å². The van der Waals surface area contributed by atoms with Crippen molar-refractivity contribution in [2.75, 3.05) is 19.6 Å². The highest BCUT2D eigenvalue weighted by atomic mass is 35.5. The zero-order valence-electron chi connectivity index (χ0n) is 11.5. The minimum absolute atomic E-state index is 0. The summed E-state index contributed by atoms with van der Waals surface area (Å²) in [5.74, 6) is -0.293. The van der Waals surface area contributed by atoms with Gasteiger partial charge in [-0.1, -0.05) is 17.7 Å². The van der Waals surface area contributed by atoms with Gasteiger partial charge in [0, 0.05) is 13.1 Å². The van der Waals surface area contributed by atoms with Gasteiger partial charge < -0.3 is 5.73 Å². The summed E-state index contributed by atoms with van der Waals surface area (Å²) in [7, 11) is -3.39. The lowest BCUT2D eigenvalue weighted by Gasteiger charge is -2.30. The van der Waals surface area contributed by atoms with Crippen molar-refractivity contribution >= 4 is 34.0 Å². The number of sulfonamides is 1. The molecule has 0 amide bonds. The highest BCUT2D eigenvalue weighted by Crippen LogP contribution is 2.22. The molecule has 0 aromatic heterocycles. The molecule has 21 heavy (non-hydrogen) atoms. The van der Waals surface area contributed by atoms with Crippen molar-refractivity contribution in [3.63, 3.8) is 0 Å². The SMILES string of the molecule is Cl.NCC1CCN(S(=O)(=O)Cc2ccc(F)c(Cl)c2)CC1. The molecule has 0 radical (unpaired) electrons. The lowest BCUT2D eigenvalue weighted by Crippen LogP contribution is -2.40. The summed E-state index contributed by atoms with van der Waals surface area (Å²) in [5, 5.41) is -0.0560. The molecule has 1 saturated heterocycles. The van der Waals surface area contributed by atoms with Crippen molar-refractivity contribution in [2.24, 2.45) is 11.7 Å². The van der Waals surface area contributed by atoms with Crippen molar-refractivity contribution in [3.05, 3.63) is 34.6 Å². The second-order valence-electron chi connectivity index (χ2n) is 5.08. The van der Waals surface area contributed by atoms with Gasteiger partial charge in [0.25, 0.3) is 0 Å². The van der Waals surface area contributed by atoms with Crippen LogP contribution in [0.15, 0.2) is 18.2 Å². The normalized spacial score (nSPS) is 17.5. The molecule has 120 valence electrons. The van der Waals surface area contributed by atoms with E-state index in [0.717, 1.165) is 12.8 Å². The second-order valence-corrected chi connectivity index (χ2v) is 7.46. The Morgan fingerprint density at radius 1 is 1.33 bits per heavy atom. The third kappa shape index (κ3) is 4.79. The first-order valence-corrected chi connectivity index (χ1v) is 8.53. The van der Waals surface area contributed by atoms with Crippen LogP contribution in [-0.2, 0) is 15.8 Å². The first kappa shape index (κ1) is 18.6. The molecule has 0 saturated carbocycles. The van der Waals surface area contributed by atoms with Crippen molar-refractivity contribution in [1.29, 1.82) is 0 Å². The van der Waals surface area contributed by atoms with Gasteiger partial charge in [-0.2, -0.15) is 0 Å². The highest BCUT2D eigenvalue weighted by Gasteiger charge is 2.27. The number of rotatable bonds is 4. The predicted molar refractivity (Wildman–Crippen MR) is 84.6 cm³/mol. The van der Waals surface area contributed by atoms with E-state index in [4.69, 9.17) is 17.3 Å². The Morgan fingerprint density at radius 2 is 1.95 bits per heavy atom. The standard InChI is InChI=1S/C13H18ClFN2O2S.ClH/c14-12-7-11(1-2-13(12)15)9-20(18,19)17-5-3-10(8-16)4-6-17;/h1-2,7,10H,3-6,8-9,16H2;1H. The smallest absolute Gasteiger partial charge is 0.218 e. The third-order valence-corrected chi connectivity index (χ3v) is 5.77. The number of nitrogens with zero attached hydrogens (tertiary/aromatic N) is 1. The molecule has 1 aromatic carbocycles. The van der Waals surface area contributed by atoms with Gasteiger partial charge in [0.1, 0.15) is 5.82 Å². The van der Waals surface area contributed by atoms with Gasteiger partial charge in [0.15, 0.2) is 0 Å². The van der Waals surface area contributed by atoms with Crippen LogP contribution in [0.4, 0.5) is 4.39 Å². The monoisotopic (exact) mass is 356 g/mol. The zero-order chi connectivity index (χ0) is 14.8. The molecule has 1 aromatic rings. The largest absolute Gasteiger partial charge is 0.330 e. The molecule has 2 N–H and O–H groups in total. The Morgan fingerprint density at radius 3 is 2.48 bits per heavy atom. The minimum Gasteiger partial charge on any atom is -0.330 e. The number of piperidine rings is 1. The summed E-state index contributed by atoms with van der Waals surface area (Å²) < 4.78 is 39.2. The van der Waals surface area contributed by atoms with E-state index in [1.165, 1.54) is 22.5 Å². The lowest BCUT2D eigenvalue weighted by molar-refractivity contribution is 0.278. The van der Waals surface area contributed by atoms with Gasteiger partial charge >= 0.3 is 0 Å². The molecule has 1 fully saturated rings. The van der Waals surface area contributed by atoms with E-state index in [9.17, 15) is 12.8 Å². The van der Waals surface area contributed by atoms with Crippen LogP contribution in [0.5, 0.6) is 0 Å². The molecule has 0 aliphatic carbocycles. The van der Waals surface area contributed by atoms with Crippen LogP contribution in [0.25, 0.3) is 0 Å². The fraction of sp³-hybridized carbons (Fsp3) is 0.538. The van der Waals surface area contributed by atoms with Crippen LogP contribution in [0, 0.1) is 11.7 Å². The zero-order valence-corrected chi connectivity index (χ0v) is 13.9. The van der Waals surface area contributed by atoms with Gasteiger partial charge in [-0.3, -0.25) is 0 Å². The highest BCUT2D eigenvalue weighted by molar-refractivity contribution is 7.88. The number of benzene rings is 1. The van der Waals surface area contributed by atoms with E-state index in [0.29, 0.717) is 31.1 Å². The molecular formula is C13H19Cl2FN2O2S. The third-order valence-electron chi connectivity index (χ3n) is 3.63. The molecule has 0 unspecified atom stereocenters. The molecular weight excluding hydrogens is 338 g/mol. The summed E-state index contributed by atoms with van der Waals surface area (Å²) in [4.78, 5) is 0. The maximum Gasteiger partial charge on any atom is 0.218 e. The van der Waals surface area contributed by atoms with Gasteiger partial charge in [-0.15, -0.1) is 12.4 Å². The summed E-state index contributed by atoms with van der Waals surface area (Å²) in [6.07, 6.45) is 1.58. The van der Waals surface area contributed by atoms with Gasteiger partial charge in [0.05, 0.1) is 10.8 Å². The van der Waals surface area contributed by atoms with Crippen LogP contribution in [0.3, 0.4) is 0 Å². The molecule has 0 spiro atoms. The average molecular weight is 357 g/mol. The van der Waals surface area contributed by atoms with Gasteiger partial charge in [0.2, 0.25) is 10.0 Å². The number of hydrogen-bond acceptors (Lipinski definition) is 3. The van der Waals surface area contributed by atoms with E-state index < -0.39 is 15.8 Å². The Balaban J connectivity index is 0.00000220. The summed E-state index contributed by atoms with van der Waals surface area (Å²) in [6, 6.07) is 4.00. The second kappa shape index (κ2) is 7.74. The number of nitrogens with two attached hydrogens (primary N) is 1. The lowest BCUT2D eigenvalue weighted by atomic mass is 9.99. The number of halogens is 3.